The molecule has 0 spiro atoms. The van der Waals surface area contributed by atoms with Crippen molar-refractivity contribution in [3.05, 3.63) is 0 Å². The highest BCUT2D eigenvalue weighted by Gasteiger charge is 2.40. The highest BCUT2D eigenvalue weighted by atomic mass is 14.4. The lowest BCUT2D eigenvalue weighted by atomic mass is 9.71. The third-order valence-electron chi connectivity index (χ3n) is 3.14. The van der Waals surface area contributed by atoms with E-state index in [1.54, 1.807) is 0 Å². The lowest BCUT2D eigenvalue weighted by Gasteiger charge is -2.35. The maximum Gasteiger partial charge on any atom is 0.110 e. The summed E-state index contributed by atoms with van der Waals surface area (Å²) in [5.41, 5.74) is 1.07. The van der Waals surface area contributed by atoms with Crippen LogP contribution in [0.2, 0.25) is 12.6 Å². The minimum atomic E-state index is 0.535. The van der Waals surface area contributed by atoms with Crippen molar-refractivity contribution in [3.63, 3.8) is 0 Å². The molecule has 0 saturated carbocycles. The summed E-state index contributed by atoms with van der Waals surface area (Å²) >= 11 is 0. The van der Waals surface area contributed by atoms with Crippen molar-refractivity contribution >= 4 is 7.28 Å². The van der Waals surface area contributed by atoms with Crippen molar-refractivity contribution in [1.29, 1.82) is 0 Å². The summed E-state index contributed by atoms with van der Waals surface area (Å²) in [6.07, 6.45) is 2.58. The van der Waals surface area contributed by atoms with Crippen LogP contribution in [0.4, 0.5) is 0 Å². The van der Waals surface area contributed by atoms with Crippen LogP contribution in [0.3, 0.4) is 0 Å². The van der Waals surface area contributed by atoms with Crippen molar-refractivity contribution in [1.82, 2.24) is 0 Å². The second-order valence-corrected chi connectivity index (χ2v) is 4.46. The summed E-state index contributed by atoms with van der Waals surface area (Å²) in [5, 5.41) is 0. The van der Waals surface area contributed by atoms with Gasteiger partial charge in [-0.15, -0.1) is 0 Å². The maximum atomic E-state index is 2.42. The molecule has 0 amide bonds. The molecule has 0 unspecified atom stereocenters. The SMILES string of the molecule is CC1(C)C[B]CC1(C)C. The predicted octanol–water partition coefficient (Wildman–Crippen LogP) is 2.59. The van der Waals surface area contributed by atoms with Crippen molar-refractivity contribution in [2.75, 3.05) is 0 Å². The molecule has 0 atom stereocenters. The largest absolute Gasteiger partial charge is 0.110 e. The Morgan fingerprint density at radius 1 is 0.889 bits per heavy atom. The van der Waals surface area contributed by atoms with Gasteiger partial charge in [0.2, 0.25) is 0 Å². The first-order valence-corrected chi connectivity index (χ1v) is 3.77. The fourth-order valence-corrected chi connectivity index (χ4v) is 1.35. The fourth-order valence-electron chi connectivity index (χ4n) is 1.35. The first-order valence-electron chi connectivity index (χ1n) is 3.77. The van der Waals surface area contributed by atoms with E-state index in [1.165, 1.54) is 12.6 Å². The molecule has 1 heteroatoms. The van der Waals surface area contributed by atoms with E-state index in [4.69, 9.17) is 0 Å². The zero-order valence-corrected chi connectivity index (χ0v) is 6.99. The molecule has 51 valence electrons. The summed E-state index contributed by atoms with van der Waals surface area (Å²) in [6.45, 7) is 9.43. The van der Waals surface area contributed by atoms with Gasteiger partial charge in [0.15, 0.2) is 0 Å². The monoisotopic (exact) mass is 123 g/mol. The summed E-state index contributed by atoms with van der Waals surface area (Å²) in [7, 11) is 2.42. The van der Waals surface area contributed by atoms with Gasteiger partial charge in [0.05, 0.1) is 0 Å². The lowest BCUT2D eigenvalue weighted by Crippen LogP contribution is -2.24. The molecule has 1 heterocycles. The minimum Gasteiger partial charge on any atom is -0.0748 e. The van der Waals surface area contributed by atoms with Crippen LogP contribution in [0, 0.1) is 10.8 Å². The van der Waals surface area contributed by atoms with Crippen LogP contribution in [0.15, 0.2) is 0 Å². The van der Waals surface area contributed by atoms with Gasteiger partial charge in [-0.2, -0.15) is 0 Å². The smallest absolute Gasteiger partial charge is 0.0748 e. The van der Waals surface area contributed by atoms with Gasteiger partial charge in [0.25, 0.3) is 0 Å². The van der Waals surface area contributed by atoms with E-state index in [0.29, 0.717) is 10.8 Å². The molecular weight excluding hydrogens is 107 g/mol. The molecule has 0 aliphatic carbocycles. The van der Waals surface area contributed by atoms with Crippen LogP contribution in [0.5, 0.6) is 0 Å². The van der Waals surface area contributed by atoms with Crippen LogP contribution < -0.4 is 0 Å². The van der Waals surface area contributed by atoms with Crippen LogP contribution in [0.1, 0.15) is 27.7 Å². The van der Waals surface area contributed by atoms with Crippen LogP contribution in [-0.2, 0) is 0 Å². The zero-order valence-electron chi connectivity index (χ0n) is 6.99. The molecule has 1 radical (unpaired) electrons. The predicted molar refractivity (Wildman–Crippen MR) is 42.9 cm³/mol. The van der Waals surface area contributed by atoms with E-state index >= 15 is 0 Å². The Morgan fingerprint density at radius 3 is 1.33 bits per heavy atom. The molecule has 1 aliphatic heterocycles. The maximum absolute atomic E-state index is 2.42. The van der Waals surface area contributed by atoms with E-state index in [0.717, 1.165) is 0 Å². The summed E-state index contributed by atoms with van der Waals surface area (Å²) in [4.78, 5) is 0. The third-order valence-corrected chi connectivity index (χ3v) is 3.14. The van der Waals surface area contributed by atoms with Crippen LogP contribution in [0.25, 0.3) is 0 Å². The van der Waals surface area contributed by atoms with E-state index in [1.807, 2.05) is 0 Å². The number of hydrogen-bond acceptors (Lipinski definition) is 0. The van der Waals surface area contributed by atoms with Crippen LogP contribution >= 0.6 is 0 Å². The Kier molecular flexibility index (Phi) is 1.41. The standard InChI is InChI=1S/C8H16B/c1-7(2)5-9-6-8(7,3)4/h5-6H2,1-4H3. The molecule has 0 aromatic rings. The normalized spacial score (nSPS) is 29.8. The number of rotatable bonds is 0. The summed E-state index contributed by atoms with van der Waals surface area (Å²) in [6, 6.07) is 0. The molecule has 0 aromatic carbocycles. The molecule has 0 aromatic heterocycles. The van der Waals surface area contributed by atoms with Gasteiger partial charge in [-0.25, -0.2) is 0 Å². The highest BCUT2D eigenvalue weighted by Crippen LogP contribution is 2.49. The van der Waals surface area contributed by atoms with E-state index in [2.05, 4.69) is 35.0 Å². The second-order valence-electron chi connectivity index (χ2n) is 4.46. The van der Waals surface area contributed by atoms with Crippen molar-refractivity contribution in [2.45, 2.75) is 40.3 Å². The van der Waals surface area contributed by atoms with E-state index in [9.17, 15) is 0 Å². The molecular formula is C8H16B. The van der Waals surface area contributed by atoms with E-state index < -0.39 is 0 Å². The van der Waals surface area contributed by atoms with Gasteiger partial charge >= 0.3 is 0 Å². The Bertz CT molecular complexity index is 99.7. The molecule has 1 saturated heterocycles. The van der Waals surface area contributed by atoms with Crippen molar-refractivity contribution in [2.24, 2.45) is 10.8 Å². The molecule has 9 heavy (non-hydrogen) atoms. The second kappa shape index (κ2) is 1.77. The molecule has 0 bridgehead atoms. The number of hydrogen-bond donors (Lipinski definition) is 0. The van der Waals surface area contributed by atoms with Gasteiger partial charge in [0.1, 0.15) is 7.28 Å². The van der Waals surface area contributed by atoms with Gasteiger partial charge < -0.3 is 0 Å². The average molecular weight is 123 g/mol. The molecule has 0 nitrogen and oxygen atoms in total. The lowest BCUT2D eigenvalue weighted by molar-refractivity contribution is 0.177. The van der Waals surface area contributed by atoms with Crippen LogP contribution in [-0.4, -0.2) is 7.28 Å². The zero-order chi connectivity index (χ0) is 7.12. The van der Waals surface area contributed by atoms with E-state index in [-0.39, 0.29) is 0 Å². The highest BCUT2D eigenvalue weighted by molar-refractivity contribution is 6.37. The van der Waals surface area contributed by atoms with Gasteiger partial charge in [0, 0.05) is 0 Å². The van der Waals surface area contributed by atoms with Crippen molar-refractivity contribution < 1.29 is 0 Å². The molecule has 1 rings (SSSR count). The van der Waals surface area contributed by atoms with Crippen molar-refractivity contribution in [3.8, 4) is 0 Å². The average Bonchev–Trinajstić information content (AvgIpc) is 1.81. The Hall–Kier alpha value is 0.0649. The molecule has 1 fully saturated rings. The van der Waals surface area contributed by atoms with Gasteiger partial charge in [-0.05, 0) is 10.8 Å². The summed E-state index contributed by atoms with van der Waals surface area (Å²) in [5.74, 6) is 0. The fraction of sp³-hybridized carbons (Fsp3) is 1.00. The minimum absolute atomic E-state index is 0.535. The Labute approximate surface area is 59.3 Å². The quantitative estimate of drug-likeness (QED) is 0.434. The topological polar surface area (TPSA) is 0 Å². The first-order chi connectivity index (χ1) is 3.96. The first kappa shape index (κ1) is 7.18. The molecule has 0 N–H and O–H groups in total. The third kappa shape index (κ3) is 1.02. The van der Waals surface area contributed by atoms with Gasteiger partial charge in [-0.3, -0.25) is 0 Å². The summed E-state index contributed by atoms with van der Waals surface area (Å²) < 4.78 is 0. The molecule has 1 aliphatic rings. The Morgan fingerprint density at radius 2 is 1.22 bits per heavy atom. The Balaban J connectivity index is 2.75. The van der Waals surface area contributed by atoms with Gasteiger partial charge in [-0.1, -0.05) is 40.3 Å².